The molecule has 1 aromatic rings. The topological polar surface area (TPSA) is 81.9 Å². The van der Waals surface area contributed by atoms with E-state index in [4.69, 9.17) is 5.73 Å². The summed E-state index contributed by atoms with van der Waals surface area (Å²) in [6.45, 7) is 19.3. The molecule has 0 saturated carbocycles. The molecule has 1 aliphatic rings. The molecule has 1 aliphatic heterocycles. The predicted molar refractivity (Wildman–Crippen MR) is 107 cm³/mol. The molecular weight excluding hydrogens is 510 g/mol. The second kappa shape index (κ2) is 7.69. The zero-order valence-electron chi connectivity index (χ0n) is 18.1. The summed E-state index contributed by atoms with van der Waals surface area (Å²) < 4.78 is 0. The Bertz CT molecular complexity index is 709. The number of hydrogen-bond donors (Lipinski definition) is 1. The monoisotopic (exact) mass is 544 g/mol. The summed E-state index contributed by atoms with van der Waals surface area (Å²) >= 11 is 0. The number of hydrogen-bond acceptors (Lipinski definition) is 4. The first-order chi connectivity index (χ1) is 11.7. The molecule has 152 valence electrons. The number of aryl methyl sites for hydroxylation is 1. The third-order valence-electron chi connectivity index (χ3n) is 5.98. The maximum Gasteiger partial charge on any atom is 0.225 e. The summed E-state index contributed by atoms with van der Waals surface area (Å²) in [5, 5.41) is 3.13. The van der Waals surface area contributed by atoms with Crippen LogP contribution in [-0.2, 0) is 25.9 Å². The maximum atomic E-state index is 12.9. The van der Waals surface area contributed by atoms with E-state index in [-0.39, 0.29) is 55.3 Å². The van der Waals surface area contributed by atoms with E-state index in [0.717, 1.165) is 23.5 Å². The van der Waals surface area contributed by atoms with Crippen LogP contribution in [0.1, 0.15) is 66.1 Å². The fraction of sp³-hybridized carbons (Fsp3) is 0.750. The summed E-state index contributed by atoms with van der Waals surface area (Å²) in [4.78, 5) is 23.7. The van der Waals surface area contributed by atoms with Gasteiger partial charge in [0.1, 0.15) is 0 Å². The van der Waals surface area contributed by atoms with Gasteiger partial charge in [-0.3, -0.25) is 4.79 Å². The van der Waals surface area contributed by atoms with Crippen LogP contribution in [0, 0.1) is 25.2 Å². The van der Waals surface area contributed by atoms with Crippen LogP contribution >= 0.6 is 0 Å². The van der Waals surface area contributed by atoms with Gasteiger partial charge in [0.15, 0.2) is 0 Å². The Labute approximate surface area is 178 Å². The minimum atomic E-state index is -0.255. The average Bonchev–Trinajstić information content (AvgIpc) is 2.44. The summed E-state index contributed by atoms with van der Waals surface area (Å²) in [5.41, 5.74) is 9.17. The second-order valence-corrected chi connectivity index (χ2v) is 9.78. The van der Waals surface area contributed by atoms with Crippen LogP contribution in [0.5, 0.6) is 0 Å². The fourth-order valence-corrected chi connectivity index (χ4v) is 3.62. The van der Waals surface area contributed by atoms with Gasteiger partial charge < -0.3 is 25.9 Å². The molecule has 1 atom stereocenters. The Kier molecular flexibility index (Phi) is 6.80. The van der Waals surface area contributed by atoms with Gasteiger partial charge in [-0.05, 0) is 71.6 Å². The van der Waals surface area contributed by atoms with E-state index in [1.807, 2.05) is 34.6 Å². The standard InChI is InChI=1S/C20H35N5O.W/c1-12-13(2)22-17(21)23-15(12)25-11-14(16(26)24-18(3,4)5)10-19(6,7)20(25,8)9;/h14H,10-11H2,1-9H3,(H3,21,22,23,24,26);/p-1. The van der Waals surface area contributed by atoms with E-state index >= 15 is 0 Å². The molecule has 7 heteroatoms. The molecule has 1 unspecified atom stereocenters. The first kappa shape index (κ1) is 23.9. The van der Waals surface area contributed by atoms with Crippen LogP contribution in [0.2, 0.25) is 0 Å². The third-order valence-corrected chi connectivity index (χ3v) is 5.98. The molecule has 27 heavy (non-hydrogen) atoms. The van der Waals surface area contributed by atoms with Gasteiger partial charge in [0.2, 0.25) is 5.91 Å². The zero-order chi connectivity index (χ0) is 20.1. The van der Waals surface area contributed by atoms with Crippen LogP contribution in [0.25, 0.3) is 5.73 Å². The van der Waals surface area contributed by atoms with E-state index < -0.39 is 0 Å². The minimum Gasteiger partial charge on any atom is -0.410 e. The first-order valence-electron chi connectivity index (χ1n) is 9.32. The van der Waals surface area contributed by atoms with E-state index in [1.54, 1.807) is 0 Å². The fourth-order valence-electron chi connectivity index (χ4n) is 3.62. The molecule has 1 amide bonds. The largest absolute Gasteiger partial charge is 0.410 e. The molecule has 0 bridgehead atoms. The summed E-state index contributed by atoms with van der Waals surface area (Å²) in [5.74, 6) is 0.758. The molecule has 0 aliphatic carbocycles. The smallest absolute Gasteiger partial charge is 0.225 e. The van der Waals surface area contributed by atoms with Crippen LogP contribution in [0.15, 0.2) is 0 Å². The molecule has 2 rings (SSSR count). The van der Waals surface area contributed by atoms with E-state index in [1.165, 1.54) is 0 Å². The van der Waals surface area contributed by atoms with Crippen molar-refractivity contribution in [1.82, 2.24) is 15.3 Å². The SMILES string of the molecule is Cc1nc([NH-])nc(N2CC(C(=O)NC(C)(C)C)CC(C)(C)C2(C)C)c1C.[W]. The third kappa shape index (κ3) is 4.82. The van der Waals surface area contributed by atoms with Crippen molar-refractivity contribution in [2.24, 2.45) is 11.3 Å². The van der Waals surface area contributed by atoms with E-state index in [2.05, 4.69) is 47.9 Å². The van der Waals surface area contributed by atoms with E-state index in [0.29, 0.717) is 6.54 Å². The Balaban J connectivity index is 0.00000364. The first-order valence-corrected chi connectivity index (χ1v) is 9.32. The van der Waals surface area contributed by atoms with Gasteiger partial charge in [-0.1, -0.05) is 13.8 Å². The number of nitrogens with zero attached hydrogens (tertiary/aromatic N) is 3. The Morgan fingerprint density at radius 3 is 2.26 bits per heavy atom. The summed E-state index contributed by atoms with van der Waals surface area (Å²) in [6.07, 6.45) is 0.815. The van der Waals surface area contributed by atoms with Gasteiger partial charge in [0.05, 0.1) is 11.7 Å². The van der Waals surface area contributed by atoms with Crippen LogP contribution in [-0.4, -0.2) is 33.5 Å². The van der Waals surface area contributed by atoms with Crippen LogP contribution < -0.4 is 10.2 Å². The molecular formula is C20H34N5OW-. The normalized spacial score (nSPS) is 21.4. The molecule has 1 aromatic heterocycles. The number of rotatable bonds is 2. The molecule has 6 nitrogen and oxygen atoms in total. The number of carbonyl (C=O) groups is 1. The molecule has 1 fully saturated rings. The Morgan fingerprint density at radius 2 is 1.74 bits per heavy atom. The maximum absolute atomic E-state index is 12.9. The van der Waals surface area contributed by atoms with Crippen molar-refractivity contribution in [3.8, 4) is 0 Å². The Morgan fingerprint density at radius 1 is 1.19 bits per heavy atom. The van der Waals surface area contributed by atoms with Crippen LogP contribution in [0.3, 0.4) is 0 Å². The average molecular weight is 544 g/mol. The Hall–Kier alpha value is -1.16. The van der Waals surface area contributed by atoms with Crippen LogP contribution in [0.4, 0.5) is 11.8 Å². The van der Waals surface area contributed by atoms with Crippen molar-refractivity contribution in [3.63, 3.8) is 0 Å². The van der Waals surface area contributed by atoms with Gasteiger partial charge >= 0.3 is 0 Å². The molecule has 0 spiro atoms. The summed E-state index contributed by atoms with van der Waals surface area (Å²) in [6, 6.07) is 0. The number of nitrogens with one attached hydrogen (secondary N) is 2. The molecule has 0 aromatic carbocycles. The van der Waals surface area contributed by atoms with Gasteiger partial charge in [-0.2, -0.15) is 0 Å². The number of anilines is 1. The van der Waals surface area contributed by atoms with Crippen molar-refractivity contribution in [1.29, 1.82) is 0 Å². The van der Waals surface area contributed by atoms with Gasteiger partial charge in [0, 0.05) is 44.6 Å². The molecule has 1 saturated heterocycles. The molecule has 0 radical (unpaired) electrons. The minimum absolute atomic E-state index is 0. The molecule has 2 N–H and O–H groups in total. The van der Waals surface area contributed by atoms with Gasteiger partial charge in [0.25, 0.3) is 0 Å². The number of carbonyl (C=O) groups excluding carboxylic acids is 1. The van der Waals surface area contributed by atoms with Crippen molar-refractivity contribution in [2.45, 2.75) is 79.8 Å². The second-order valence-electron chi connectivity index (χ2n) is 9.78. The van der Waals surface area contributed by atoms with Gasteiger partial charge in [-0.25, -0.2) is 0 Å². The predicted octanol–water partition coefficient (Wildman–Crippen LogP) is 4.32. The quantitative estimate of drug-likeness (QED) is 0.602. The van der Waals surface area contributed by atoms with Crippen molar-refractivity contribution in [2.75, 3.05) is 11.4 Å². The number of piperidine rings is 1. The van der Waals surface area contributed by atoms with Crippen molar-refractivity contribution >= 4 is 17.7 Å². The summed E-state index contributed by atoms with van der Waals surface area (Å²) in [7, 11) is 0. The van der Waals surface area contributed by atoms with E-state index in [9.17, 15) is 4.79 Å². The van der Waals surface area contributed by atoms with Crippen molar-refractivity contribution < 1.29 is 25.9 Å². The van der Waals surface area contributed by atoms with Crippen molar-refractivity contribution in [3.05, 3.63) is 17.0 Å². The number of aromatic nitrogens is 2. The number of amides is 1. The van der Waals surface area contributed by atoms with Gasteiger partial charge in [-0.15, -0.1) is 0 Å². The zero-order valence-corrected chi connectivity index (χ0v) is 21.1. The molecule has 2 heterocycles.